The molecule has 3 atom stereocenters. The van der Waals surface area contributed by atoms with Gasteiger partial charge in [-0.05, 0) is 77.1 Å². The number of rotatable bonds is 16. The molecule has 4 N–H and O–H groups in total. The van der Waals surface area contributed by atoms with Crippen LogP contribution in [0.2, 0.25) is 0 Å². The summed E-state index contributed by atoms with van der Waals surface area (Å²) in [5.74, 6) is -0.623. The summed E-state index contributed by atoms with van der Waals surface area (Å²) in [6.45, 7) is 8.34. The quantitative estimate of drug-likeness (QED) is 0.0871. The largest absolute Gasteiger partial charge is 0.384 e. The molecule has 1 aromatic carbocycles. The standard InChI is InChI=1S/C45H56FN11O6/c1-27(2)56-25-31(30-24-49-38(23-35(30)56)51-37-13-18-48-45(52-37)55-22-16-36(63-3)32(46)26-55)41(59)50-28-14-20-54(21-15-28)19-7-5-4-6-17-47-33-10-8-9-29-40(33)44(62)57(43(29)61)34-11-12-39(58)53-42(34)60/h8-10,13,18,23-25,27-28,32,34,36,47H,4-7,11-12,14-17,19-22,26H2,1-3H3,(H,50,59)(H,53,58,60)(H,48,49,51,52)/t32-,34?,36+/m0/s1. The molecule has 1 unspecified atom stereocenters. The number of methoxy groups -OCH3 is 1. The number of amides is 5. The second-order valence-corrected chi connectivity index (χ2v) is 17.1. The number of likely N-dealkylation sites (tertiary alicyclic amines) is 1. The minimum Gasteiger partial charge on any atom is -0.384 e. The van der Waals surface area contributed by atoms with Crippen molar-refractivity contribution in [2.75, 3.05) is 61.9 Å². The molecule has 4 aliphatic rings. The molecule has 0 aliphatic carbocycles. The van der Waals surface area contributed by atoms with Crippen molar-refractivity contribution in [3.63, 3.8) is 0 Å². The predicted octanol–water partition coefficient (Wildman–Crippen LogP) is 4.98. The molecule has 4 aromatic rings. The lowest BCUT2D eigenvalue weighted by Gasteiger charge is -2.33. The van der Waals surface area contributed by atoms with Gasteiger partial charge >= 0.3 is 0 Å². The molecule has 0 saturated carbocycles. The zero-order valence-corrected chi connectivity index (χ0v) is 36.1. The van der Waals surface area contributed by atoms with Gasteiger partial charge in [0.25, 0.3) is 17.7 Å². The first-order valence-electron chi connectivity index (χ1n) is 22.1. The van der Waals surface area contributed by atoms with Gasteiger partial charge in [0, 0.05) is 87.5 Å². The van der Waals surface area contributed by atoms with Crippen LogP contribution in [-0.2, 0) is 14.3 Å². The highest BCUT2D eigenvalue weighted by molar-refractivity contribution is 6.25. The summed E-state index contributed by atoms with van der Waals surface area (Å²) in [6, 6.07) is 7.94. The molecule has 3 aromatic heterocycles. The number of hydrogen-bond acceptors (Lipinski definition) is 13. The zero-order valence-electron chi connectivity index (χ0n) is 36.1. The maximum Gasteiger partial charge on any atom is 0.264 e. The van der Waals surface area contributed by atoms with Gasteiger partial charge in [0.05, 0.1) is 34.9 Å². The average Bonchev–Trinajstić information content (AvgIpc) is 3.78. The van der Waals surface area contributed by atoms with Gasteiger partial charge in [0.15, 0.2) is 0 Å². The van der Waals surface area contributed by atoms with Gasteiger partial charge in [-0.1, -0.05) is 18.9 Å². The van der Waals surface area contributed by atoms with Crippen molar-refractivity contribution in [2.24, 2.45) is 0 Å². The van der Waals surface area contributed by atoms with Crippen molar-refractivity contribution in [1.82, 2.24) is 40.0 Å². The number of pyridine rings is 1. The van der Waals surface area contributed by atoms with Crippen LogP contribution in [0.4, 0.5) is 27.7 Å². The molecule has 3 fully saturated rings. The average molecular weight is 866 g/mol. The van der Waals surface area contributed by atoms with Crippen LogP contribution in [0.1, 0.15) is 109 Å². The molecule has 4 aliphatic heterocycles. The van der Waals surface area contributed by atoms with Crippen LogP contribution in [0.15, 0.2) is 48.9 Å². The highest BCUT2D eigenvalue weighted by atomic mass is 19.1. The lowest BCUT2D eigenvalue weighted by Crippen LogP contribution is -2.54. The lowest BCUT2D eigenvalue weighted by molar-refractivity contribution is -0.136. The number of unbranched alkanes of at least 4 members (excludes halogenated alkanes) is 3. The fourth-order valence-corrected chi connectivity index (χ4v) is 9.12. The van der Waals surface area contributed by atoms with Gasteiger partial charge in [0.1, 0.15) is 23.8 Å². The van der Waals surface area contributed by atoms with E-state index >= 15 is 0 Å². The number of halogens is 1. The molecule has 0 spiro atoms. The molecule has 5 amide bonds. The number of carbonyl (C=O) groups excluding carboxylic acids is 5. The van der Waals surface area contributed by atoms with Crippen LogP contribution in [0.5, 0.6) is 0 Å². The minimum absolute atomic E-state index is 0.0730. The number of piperidine rings is 3. The third kappa shape index (κ3) is 9.51. The summed E-state index contributed by atoms with van der Waals surface area (Å²) in [5, 5.41) is 12.9. The Labute approximate surface area is 365 Å². The molecular weight excluding hydrogens is 810 g/mol. The monoisotopic (exact) mass is 865 g/mol. The fourth-order valence-electron chi connectivity index (χ4n) is 9.12. The Hall–Kier alpha value is -6.01. The number of nitrogens with one attached hydrogen (secondary N) is 4. The van der Waals surface area contributed by atoms with Gasteiger partial charge in [-0.15, -0.1) is 0 Å². The molecule has 17 nitrogen and oxygen atoms in total. The molecule has 63 heavy (non-hydrogen) atoms. The highest BCUT2D eigenvalue weighted by Gasteiger charge is 2.45. The number of nitrogens with zero attached hydrogens (tertiary/aromatic N) is 7. The smallest absolute Gasteiger partial charge is 0.264 e. The number of fused-ring (bicyclic) bond motifs is 2. The third-order valence-corrected chi connectivity index (χ3v) is 12.6. The normalized spacial score (nSPS) is 21.0. The van der Waals surface area contributed by atoms with E-state index in [-0.39, 0.29) is 48.5 Å². The fraction of sp³-hybridized carbons (Fsp3) is 0.511. The number of hydrogen-bond donors (Lipinski definition) is 4. The number of imide groups is 2. The highest BCUT2D eigenvalue weighted by Crippen LogP contribution is 2.33. The van der Waals surface area contributed by atoms with Crippen molar-refractivity contribution in [3.8, 4) is 0 Å². The molecule has 8 rings (SSSR count). The van der Waals surface area contributed by atoms with E-state index in [1.165, 1.54) is 7.11 Å². The van der Waals surface area contributed by atoms with E-state index in [0.29, 0.717) is 48.3 Å². The Morgan fingerprint density at radius 3 is 2.54 bits per heavy atom. The predicted molar refractivity (Wildman–Crippen MR) is 235 cm³/mol. The van der Waals surface area contributed by atoms with Gasteiger partial charge in [0.2, 0.25) is 17.8 Å². The van der Waals surface area contributed by atoms with E-state index in [0.717, 1.165) is 74.0 Å². The summed E-state index contributed by atoms with van der Waals surface area (Å²) in [6.07, 6.45) is 10.2. The molecule has 0 bridgehead atoms. The summed E-state index contributed by atoms with van der Waals surface area (Å²) in [7, 11) is 1.53. The van der Waals surface area contributed by atoms with Gasteiger partial charge in [-0.25, -0.2) is 14.4 Å². The van der Waals surface area contributed by atoms with Crippen molar-refractivity contribution in [1.29, 1.82) is 0 Å². The Morgan fingerprint density at radius 1 is 0.968 bits per heavy atom. The van der Waals surface area contributed by atoms with E-state index in [9.17, 15) is 28.4 Å². The molecule has 334 valence electrons. The Balaban J connectivity index is 0.770. The van der Waals surface area contributed by atoms with Gasteiger partial charge in [-0.2, -0.15) is 4.98 Å². The first kappa shape index (κ1) is 43.6. The summed E-state index contributed by atoms with van der Waals surface area (Å²) in [5.41, 5.74) is 2.58. The van der Waals surface area contributed by atoms with Gasteiger partial charge in [-0.3, -0.25) is 34.2 Å². The van der Waals surface area contributed by atoms with Crippen molar-refractivity contribution in [2.45, 2.75) is 102 Å². The van der Waals surface area contributed by atoms with E-state index in [4.69, 9.17) is 4.74 Å². The first-order valence-corrected chi connectivity index (χ1v) is 22.1. The number of ether oxygens (including phenoxy) is 1. The number of anilines is 4. The van der Waals surface area contributed by atoms with E-state index in [2.05, 4.69) is 59.5 Å². The Bertz CT molecular complexity index is 2360. The van der Waals surface area contributed by atoms with Crippen LogP contribution >= 0.6 is 0 Å². The maximum absolute atomic E-state index is 14.6. The van der Waals surface area contributed by atoms with Gasteiger partial charge < -0.3 is 35.1 Å². The minimum atomic E-state index is -1.12. The van der Waals surface area contributed by atoms with Crippen molar-refractivity contribution >= 4 is 63.7 Å². The molecule has 7 heterocycles. The summed E-state index contributed by atoms with van der Waals surface area (Å²) >= 11 is 0. The number of aromatic nitrogens is 4. The van der Waals surface area contributed by atoms with Crippen molar-refractivity contribution in [3.05, 3.63) is 65.6 Å². The van der Waals surface area contributed by atoms with Crippen LogP contribution in [0, 0.1) is 0 Å². The van der Waals surface area contributed by atoms with E-state index in [1.54, 1.807) is 36.7 Å². The number of carbonyl (C=O) groups is 5. The van der Waals surface area contributed by atoms with E-state index < -0.39 is 41.9 Å². The summed E-state index contributed by atoms with van der Waals surface area (Å²) < 4.78 is 21.9. The molecule has 18 heteroatoms. The van der Waals surface area contributed by atoms with Crippen LogP contribution in [0.25, 0.3) is 10.9 Å². The Morgan fingerprint density at radius 2 is 1.78 bits per heavy atom. The number of alkyl halides is 1. The van der Waals surface area contributed by atoms with Crippen LogP contribution in [-0.4, -0.2) is 130 Å². The first-order chi connectivity index (χ1) is 30.5. The number of benzene rings is 1. The second kappa shape index (κ2) is 19.2. The second-order valence-electron chi connectivity index (χ2n) is 17.1. The van der Waals surface area contributed by atoms with Crippen LogP contribution in [0.3, 0.4) is 0 Å². The van der Waals surface area contributed by atoms with Crippen LogP contribution < -0.4 is 26.2 Å². The summed E-state index contributed by atoms with van der Waals surface area (Å²) in [4.78, 5) is 83.2. The van der Waals surface area contributed by atoms with Crippen molar-refractivity contribution < 1.29 is 33.1 Å². The maximum atomic E-state index is 14.6. The van der Waals surface area contributed by atoms with E-state index in [1.807, 2.05) is 17.2 Å². The molecular formula is C45H56FN11O6. The third-order valence-electron chi connectivity index (χ3n) is 12.6. The molecule has 0 radical (unpaired) electrons. The molecule has 3 saturated heterocycles. The SMILES string of the molecule is CO[C@@H]1CCN(c2nccc(Nc3cc4c(cn3)c(C(=O)NC3CCN(CCCCCCNc5cccc6c5C(=O)N(C5CCC(=O)NC5=O)C6=O)CC3)cn4C(C)C)n2)C[C@@H]1F. The zero-order chi connectivity index (χ0) is 44.2. The Kier molecular flexibility index (Phi) is 13.3. The topological polar surface area (TPSA) is 196 Å². The lowest BCUT2D eigenvalue weighted by atomic mass is 10.0.